The molecule has 3 rings (SSSR count). The number of hydrogen-bond donors (Lipinski definition) is 1. The van der Waals surface area contributed by atoms with Crippen molar-refractivity contribution in [1.82, 2.24) is 0 Å². The second kappa shape index (κ2) is 5.11. The van der Waals surface area contributed by atoms with E-state index in [1.807, 2.05) is 4.90 Å². The van der Waals surface area contributed by atoms with Gasteiger partial charge in [0.25, 0.3) is 0 Å². The molecule has 0 radical (unpaired) electrons. The lowest BCUT2D eigenvalue weighted by Crippen LogP contribution is -2.39. The predicted octanol–water partition coefficient (Wildman–Crippen LogP) is 4.45. The number of hydrogen-bond acceptors (Lipinski definition) is 2. The number of alkyl halides is 3. The molecule has 2 fully saturated rings. The number of benzene rings is 1. The average molecular weight is 298 g/mol. The Morgan fingerprint density at radius 1 is 1.00 bits per heavy atom. The molecule has 5 heteroatoms. The minimum atomic E-state index is -4.35. The molecular weight excluding hydrogens is 277 g/mol. The van der Waals surface area contributed by atoms with Crippen molar-refractivity contribution < 1.29 is 13.2 Å². The Morgan fingerprint density at radius 2 is 1.62 bits per heavy atom. The third-order valence-electron chi connectivity index (χ3n) is 5.16. The zero-order valence-corrected chi connectivity index (χ0v) is 12.0. The Bertz CT molecular complexity index is 509. The van der Waals surface area contributed by atoms with Gasteiger partial charge in [0.2, 0.25) is 0 Å². The number of anilines is 2. The molecule has 1 aliphatic heterocycles. The molecule has 1 aliphatic carbocycles. The van der Waals surface area contributed by atoms with Crippen LogP contribution in [0.1, 0.15) is 44.1 Å². The molecule has 0 amide bonds. The van der Waals surface area contributed by atoms with Crippen molar-refractivity contribution in [3.63, 3.8) is 0 Å². The highest BCUT2D eigenvalue weighted by atomic mass is 19.4. The average Bonchev–Trinajstić information content (AvgIpc) is 2.87. The van der Waals surface area contributed by atoms with Gasteiger partial charge in [-0.15, -0.1) is 0 Å². The van der Waals surface area contributed by atoms with Crippen LogP contribution in [0.2, 0.25) is 0 Å². The minimum absolute atomic E-state index is 0.162. The Morgan fingerprint density at radius 3 is 2.19 bits per heavy atom. The molecule has 2 nitrogen and oxygen atoms in total. The Balaban J connectivity index is 1.82. The molecular formula is C16H21F3N2. The van der Waals surface area contributed by atoms with E-state index in [1.54, 1.807) is 6.07 Å². The molecule has 1 aromatic rings. The molecule has 21 heavy (non-hydrogen) atoms. The van der Waals surface area contributed by atoms with Gasteiger partial charge in [-0.3, -0.25) is 0 Å². The van der Waals surface area contributed by atoms with Crippen molar-refractivity contribution in [3.05, 3.63) is 23.8 Å². The molecule has 2 N–H and O–H groups in total. The predicted molar refractivity (Wildman–Crippen MR) is 78.2 cm³/mol. The highest BCUT2D eigenvalue weighted by Gasteiger charge is 2.40. The molecule has 0 atom stereocenters. The highest BCUT2D eigenvalue weighted by Crippen LogP contribution is 2.47. The number of halogens is 3. The SMILES string of the molecule is Nc1ccc(N2CCC3(CCCC3)CC2)c(C(F)(F)F)c1. The standard InChI is InChI=1S/C16H21F3N2/c17-16(18,19)13-11-12(20)3-4-14(13)21-9-7-15(8-10-21)5-1-2-6-15/h3-4,11H,1-2,5-10,20H2. The van der Waals surface area contributed by atoms with E-state index in [0.717, 1.165) is 18.9 Å². The zero-order valence-electron chi connectivity index (χ0n) is 12.0. The summed E-state index contributed by atoms with van der Waals surface area (Å²) < 4.78 is 39.6. The fraction of sp³-hybridized carbons (Fsp3) is 0.625. The number of rotatable bonds is 1. The maximum Gasteiger partial charge on any atom is 0.418 e. The molecule has 0 unspecified atom stereocenters. The van der Waals surface area contributed by atoms with Crippen molar-refractivity contribution >= 4 is 11.4 Å². The van der Waals surface area contributed by atoms with Crippen LogP contribution < -0.4 is 10.6 Å². The molecule has 2 aliphatic rings. The first-order valence-electron chi connectivity index (χ1n) is 7.61. The van der Waals surface area contributed by atoms with E-state index < -0.39 is 11.7 Å². The number of nitrogens with zero attached hydrogens (tertiary/aromatic N) is 1. The van der Waals surface area contributed by atoms with Gasteiger partial charge in [0.05, 0.1) is 5.56 Å². The smallest absolute Gasteiger partial charge is 0.399 e. The van der Waals surface area contributed by atoms with E-state index in [1.165, 1.54) is 31.7 Å². The van der Waals surface area contributed by atoms with Gasteiger partial charge in [-0.25, -0.2) is 0 Å². The van der Waals surface area contributed by atoms with Gasteiger partial charge < -0.3 is 10.6 Å². The summed E-state index contributed by atoms with van der Waals surface area (Å²) in [5.41, 5.74) is 5.77. The van der Waals surface area contributed by atoms with Crippen molar-refractivity contribution in [3.8, 4) is 0 Å². The summed E-state index contributed by atoms with van der Waals surface area (Å²) in [6.45, 7) is 1.43. The first-order chi connectivity index (χ1) is 9.90. The maximum absolute atomic E-state index is 13.2. The van der Waals surface area contributed by atoms with Gasteiger partial charge >= 0.3 is 6.18 Å². The molecule has 1 saturated heterocycles. The van der Waals surface area contributed by atoms with Crippen LogP contribution in [-0.4, -0.2) is 13.1 Å². The van der Waals surface area contributed by atoms with Crippen molar-refractivity contribution in [2.75, 3.05) is 23.7 Å². The van der Waals surface area contributed by atoms with E-state index >= 15 is 0 Å². The highest BCUT2D eigenvalue weighted by molar-refractivity contribution is 5.61. The topological polar surface area (TPSA) is 29.3 Å². The Labute approximate surface area is 123 Å². The molecule has 1 spiro atoms. The quantitative estimate of drug-likeness (QED) is 0.776. The van der Waals surface area contributed by atoms with E-state index in [0.29, 0.717) is 18.5 Å². The number of piperidine rings is 1. The fourth-order valence-electron chi connectivity index (χ4n) is 3.90. The summed E-state index contributed by atoms with van der Waals surface area (Å²) >= 11 is 0. The molecule has 1 saturated carbocycles. The van der Waals surface area contributed by atoms with Crippen LogP contribution >= 0.6 is 0 Å². The summed E-state index contributed by atoms with van der Waals surface area (Å²) in [7, 11) is 0. The lowest BCUT2D eigenvalue weighted by Gasteiger charge is -2.41. The van der Waals surface area contributed by atoms with Gasteiger partial charge in [-0.1, -0.05) is 12.8 Å². The monoisotopic (exact) mass is 298 g/mol. The van der Waals surface area contributed by atoms with Crippen molar-refractivity contribution in [1.29, 1.82) is 0 Å². The van der Waals surface area contributed by atoms with Crippen LogP contribution in [-0.2, 0) is 6.18 Å². The van der Waals surface area contributed by atoms with Crippen LogP contribution in [0.3, 0.4) is 0 Å². The molecule has 1 heterocycles. The lowest BCUT2D eigenvalue weighted by molar-refractivity contribution is -0.137. The van der Waals surface area contributed by atoms with Gasteiger partial charge in [-0.2, -0.15) is 13.2 Å². The van der Waals surface area contributed by atoms with Crippen LogP contribution in [0.5, 0.6) is 0 Å². The summed E-state index contributed by atoms with van der Waals surface area (Å²) in [4.78, 5) is 1.88. The van der Waals surface area contributed by atoms with Crippen molar-refractivity contribution in [2.24, 2.45) is 5.41 Å². The lowest BCUT2D eigenvalue weighted by atomic mass is 9.77. The summed E-state index contributed by atoms with van der Waals surface area (Å²) in [6, 6.07) is 4.13. The number of nitrogen functional groups attached to an aromatic ring is 1. The zero-order chi connectivity index (χ0) is 15.1. The number of nitrogens with two attached hydrogens (primary N) is 1. The molecule has 116 valence electrons. The van der Waals surface area contributed by atoms with Crippen LogP contribution in [0.25, 0.3) is 0 Å². The van der Waals surface area contributed by atoms with E-state index in [2.05, 4.69) is 0 Å². The summed E-state index contributed by atoms with van der Waals surface area (Å²) in [5, 5.41) is 0. The first kappa shape index (κ1) is 14.5. The first-order valence-corrected chi connectivity index (χ1v) is 7.61. The third-order valence-corrected chi connectivity index (χ3v) is 5.16. The summed E-state index contributed by atoms with van der Waals surface area (Å²) in [5.74, 6) is 0. The van der Waals surface area contributed by atoms with Gasteiger partial charge in [0, 0.05) is 24.5 Å². The maximum atomic E-state index is 13.2. The van der Waals surface area contributed by atoms with Crippen molar-refractivity contribution in [2.45, 2.75) is 44.7 Å². The minimum Gasteiger partial charge on any atom is -0.399 e. The fourth-order valence-corrected chi connectivity index (χ4v) is 3.90. The molecule has 0 aromatic heterocycles. The van der Waals surface area contributed by atoms with Crippen LogP contribution in [0.4, 0.5) is 24.5 Å². The largest absolute Gasteiger partial charge is 0.418 e. The summed E-state index contributed by atoms with van der Waals surface area (Å²) in [6.07, 6.45) is 2.70. The molecule has 1 aromatic carbocycles. The van der Waals surface area contributed by atoms with E-state index in [-0.39, 0.29) is 11.4 Å². The van der Waals surface area contributed by atoms with Gasteiger partial charge in [0.15, 0.2) is 0 Å². The van der Waals surface area contributed by atoms with Gasteiger partial charge in [0.1, 0.15) is 0 Å². The van der Waals surface area contributed by atoms with Crippen LogP contribution in [0.15, 0.2) is 18.2 Å². The second-order valence-corrected chi connectivity index (χ2v) is 6.47. The normalized spacial score (nSPS) is 22.0. The molecule has 0 bridgehead atoms. The van der Waals surface area contributed by atoms with Gasteiger partial charge in [-0.05, 0) is 49.3 Å². The Kier molecular flexibility index (Phi) is 3.54. The van der Waals surface area contributed by atoms with E-state index in [4.69, 9.17) is 5.73 Å². The second-order valence-electron chi connectivity index (χ2n) is 6.47. The van der Waals surface area contributed by atoms with Crippen LogP contribution in [0, 0.1) is 5.41 Å². The Hall–Kier alpha value is -1.39. The van der Waals surface area contributed by atoms with E-state index in [9.17, 15) is 13.2 Å². The third kappa shape index (κ3) is 2.83.